The van der Waals surface area contributed by atoms with Gasteiger partial charge in [0.05, 0.1) is 18.2 Å². The molecule has 0 amide bonds. The Bertz CT molecular complexity index is 1070. The monoisotopic (exact) mass is 365 g/mol. The summed E-state index contributed by atoms with van der Waals surface area (Å²) in [5.41, 5.74) is 1.90. The van der Waals surface area contributed by atoms with E-state index in [1.807, 2.05) is 42.8 Å². The number of fused-ring (bicyclic) bond motifs is 1. The van der Waals surface area contributed by atoms with E-state index < -0.39 is 0 Å². The molecule has 0 aliphatic rings. The summed E-state index contributed by atoms with van der Waals surface area (Å²) in [6, 6.07) is 14.2. The van der Waals surface area contributed by atoms with Crippen LogP contribution in [0.3, 0.4) is 0 Å². The third kappa shape index (κ3) is 3.09. The number of nitrogens with one attached hydrogen (secondary N) is 1. The number of furan rings is 1. The molecule has 0 unspecified atom stereocenters. The Morgan fingerprint density at radius 1 is 1.23 bits per heavy atom. The first-order valence-electron chi connectivity index (χ1n) is 8.43. The quantitative estimate of drug-likeness (QED) is 0.568. The highest BCUT2D eigenvalue weighted by atomic mass is 32.1. The van der Waals surface area contributed by atoms with Gasteiger partial charge in [0.15, 0.2) is 0 Å². The van der Waals surface area contributed by atoms with Crippen molar-refractivity contribution in [3.8, 4) is 11.3 Å². The Balaban J connectivity index is 1.63. The molecule has 6 heteroatoms. The topological polar surface area (TPSA) is 62.1 Å². The van der Waals surface area contributed by atoms with Crippen LogP contribution in [0.1, 0.15) is 24.4 Å². The van der Waals surface area contributed by atoms with E-state index in [1.54, 1.807) is 6.26 Å². The van der Waals surface area contributed by atoms with Crippen molar-refractivity contribution in [2.75, 3.05) is 7.05 Å². The van der Waals surface area contributed by atoms with Gasteiger partial charge in [-0.25, -0.2) is 4.98 Å². The molecule has 0 fully saturated rings. The fourth-order valence-corrected chi connectivity index (χ4v) is 3.99. The molecule has 4 aromatic rings. The highest BCUT2D eigenvalue weighted by Crippen LogP contribution is 2.31. The van der Waals surface area contributed by atoms with Crippen LogP contribution in [0.5, 0.6) is 0 Å². The molecule has 0 aliphatic carbocycles. The third-order valence-electron chi connectivity index (χ3n) is 4.62. The molecule has 0 bridgehead atoms. The number of aromatic nitrogens is 2. The number of hydrogen-bond donors (Lipinski definition) is 1. The maximum atomic E-state index is 12.6. The Hall–Kier alpha value is -2.70. The predicted molar refractivity (Wildman–Crippen MR) is 104 cm³/mol. The summed E-state index contributed by atoms with van der Waals surface area (Å²) in [5, 5.41) is 2.51. The lowest BCUT2D eigenvalue weighted by Crippen LogP contribution is -2.24. The smallest absolute Gasteiger partial charge is 0.260 e. The van der Waals surface area contributed by atoms with Crippen molar-refractivity contribution in [2.24, 2.45) is 0 Å². The molecule has 4 rings (SSSR count). The lowest BCUT2D eigenvalue weighted by molar-refractivity contribution is 0.247. The van der Waals surface area contributed by atoms with Crippen LogP contribution in [0, 0.1) is 0 Å². The average Bonchev–Trinajstić information content (AvgIpc) is 3.31. The molecule has 1 aromatic carbocycles. The van der Waals surface area contributed by atoms with Gasteiger partial charge in [0.2, 0.25) is 0 Å². The van der Waals surface area contributed by atoms with Gasteiger partial charge in [-0.1, -0.05) is 30.3 Å². The third-order valence-corrected chi connectivity index (χ3v) is 5.49. The first-order chi connectivity index (χ1) is 12.6. The molecule has 5 nitrogen and oxygen atoms in total. The summed E-state index contributed by atoms with van der Waals surface area (Å²) < 4.78 is 5.43. The summed E-state index contributed by atoms with van der Waals surface area (Å²) >= 11 is 1.46. The van der Waals surface area contributed by atoms with Gasteiger partial charge in [-0.2, -0.15) is 0 Å². The molecule has 1 N–H and O–H groups in total. The van der Waals surface area contributed by atoms with Gasteiger partial charge in [0.1, 0.15) is 16.4 Å². The standard InChI is InChI=1S/C20H19N3O2S/c1-13(14-7-4-3-5-8-14)23(2)11-17-21-19(24)18-15(12-26-20(18)22-17)16-9-6-10-25-16/h3-10,12-13H,11H2,1-2H3,(H,21,22,24)/t13-/m1/s1. The van der Waals surface area contributed by atoms with E-state index in [4.69, 9.17) is 4.42 Å². The number of nitrogens with zero attached hydrogens (tertiary/aromatic N) is 2. The van der Waals surface area contributed by atoms with Crippen LogP contribution in [0.4, 0.5) is 0 Å². The minimum Gasteiger partial charge on any atom is -0.464 e. The fourth-order valence-electron chi connectivity index (χ4n) is 3.04. The average molecular weight is 365 g/mol. The highest BCUT2D eigenvalue weighted by molar-refractivity contribution is 7.17. The first kappa shape index (κ1) is 16.8. The van der Waals surface area contributed by atoms with Crippen LogP contribution in [0.2, 0.25) is 0 Å². The number of aromatic amines is 1. The molecule has 3 aromatic heterocycles. The molecule has 0 saturated carbocycles. The van der Waals surface area contributed by atoms with Crippen molar-refractivity contribution in [3.05, 3.63) is 75.8 Å². The SMILES string of the molecule is C[C@H](c1ccccc1)N(C)Cc1nc2scc(-c3ccco3)c2c(=O)[nH]1. The van der Waals surface area contributed by atoms with E-state index >= 15 is 0 Å². The summed E-state index contributed by atoms with van der Waals surface area (Å²) in [5.74, 6) is 1.35. The zero-order valence-corrected chi connectivity index (χ0v) is 15.4. The number of benzene rings is 1. The maximum absolute atomic E-state index is 12.6. The Kier molecular flexibility index (Phi) is 4.44. The Labute approximate surface area is 154 Å². The molecular formula is C20H19N3O2S. The minimum atomic E-state index is -0.126. The molecule has 132 valence electrons. The number of rotatable bonds is 5. The zero-order chi connectivity index (χ0) is 18.1. The van der Waals surface area contributed by atoms with Gasteiger partial charge in [-0.05, 0) is 31.7 Å². The van der Waals surface area contributed by atoms with E-state index in [0.717, 1.165) is 10.4 Å². The van der Waals surface area contributed by atoms with Gasteiger partial charge in [0.25, 0.3) is 5.56 Å². The summed E-state index contributed by atoms with van der Waals surface area (Å²) in [7, 11) is 2.03. The van der Waals surface area contributed by atoms with E-state index in [2.05, 4.69) is 33.9 Å². The van der Waals surface area contributed by atoms with Crippen LogP contribution in [-0.4, -0.2) is 21.9 Å². The summed E-state index contributed by atoms with van der Waals surface area (Å²) in [6.07, 6.45) is 1.61. The molecule has 0 spiro atoms. The first-order valence-corrected chi connectivity index (χ1v) is 9.31. The largest absolute Gasteiger partial charge is 0.464 e. The van der Waals surface area contributed by atoms with E-state index in [0.29, 0.717) is 23.5 Å². The molecule has 0 radical (unpaired) electrons. The predicted octanol–water partition coefficient (Wildman–Crippen LogP) is 4.44. The number of thiophene rings is 1. The molecule has 26 heavy (non-hydrogen) atoms. The Morgan fingerprint density at radius 2 is 2.04 bits per heavy atom. The number of hydrogen-bond acceptors (Lipinski definition) is 5. The zero-order valence-electron chi connectivity index (χ0n) is 14.6. The van der Waals surface area contributed by atoms with Crippen molar-refractivity contribution in [2.45, 2.75) is 19.5 Å². The molecule has 1 atom stereocenters. The van der Waals surface area contributed by atoms with Crippen LogP contribution in [-0.2, 0) is 6.54 Å². The normalized spacial score (nSPS) is 12.7. The van der Waals surface area contributed by atoms with Gasteiger partial charge >= 0.3 is 0 Å². The lowest BCUT2D eigenvalue weighted by atomic mass is 10.1. The van der Waals surface area contributed by atoms with Gasteiger partial charge in [0, 0.05) is 17.0 Å². The number of H-pyrrole nitrogens is 1. The minimum absolute atomic E-state index is 0.126. The highest BCUT2D eigenvalue weighted by Gasteiger charge is 2.17. The van der Waals surface area contributed by atoms with Crippen molar-refractivity contribution >= 4 is 21.6 Å². The van der Waals surface area contributed by atoms with Crippen LogP contribution >= 0.6 is 11.3 Å². The van der Waals surface area contributed by atoms with Crippen LogP contribution in [0.15, 0.2) is 63.3 Å². The maximum Gasteiger partial charge on any atom is 0.260 e. The van der Waals surface area contributed by atoms with E-state index in [9.17, 15) is 4.79 Å². The van der Waals surface area contributed by atoms with Crippen molar-refractivity contribution < 1.29 is 4.42 Å². The lowest BCUT2D eigenvalue weighted by Gasteiger charge is -2.24. The van der Waals surface area contributed by atoms with Crippen molar-refractivity contribution in [1.29, 1.82) is 0 Å². The van der Waals surface area contributed by atoms with Crippen LogP contribution < -0.4 is 5.56 Å². The second kappa shape index (κ2) is 6.90. The summed E-state index contributed by atoms with van der Waals surface area (Å²) in [6.45, 7) is 2.71. The van der Waals surface area contributed by atoms with Gasteiger partial charge < -0.3 is 9.40 Å². The fraction of sp³-hybridized carbons (Fsp3) is 0.200. The van der Waals surface area contributed by atoms with Gasteiger partial charge in [-0.3, -0.25) is 9.69 Å². The van der Waals surface area contributed by atoms with Crippen LogP contribution in [0.25, 0.3) is 21.5 Å². The second-order valence-electron chi connectivity index (χ2n) is 6.32. The van der Waals surface area contributed by atoms with E-state index in [1.165, 1.54) is 16.9 Å². The van der Waals surface area contributed by atoms with Crippen molar-refractivity contribution in [1.82, 2.24) is 14.9 Å². The molecule has 0 saturated heterocycles. The Morgan fingerprint density at radius 3 is 2.77 bits per heavy atom. The second-order valence-corrected chi connectivity index (χ2v) is 7.18. The molecular weight excluding hydrogens is 346 g/mol. The molecule has 0 aliphatic heterocycles. The van der Waals surface area contributed by atoms with Crippen molar-refractivity contribution in [3.63, 3.8) is 0 Å². The molecule has 3 heterocycles. The van der Waals surface area contributed by atoms with Gasteiger partial charge in [-0.15, -0.1) is 11.3 Å². The van der Waals surface area contributed by atoms with E-state index in [-0.39, 0.29) is 11.6 Å². The summed E-state index contributed by atoms with van der Waals surface area (Å²) in [4.78, 5) is 23.1.